The Hall–Kier alpha value is -0.350. The predicted molar refractivity (Wildman–Crippen MR) is 49.5 cm³/mol. The van der Waals surface area contributed by atoms with E-state index in [2.05, 4.69) is 21.2 Å². The van der Waals surface area contributed by atoms with Gasteiger partial charge in [-0.1, -0.05) is 0 Å². The number of rotatable bonds is 2. The minimum absolute atomic E-state index is 0.00882. The molecule has 0 fully saturated rings. The summed E-state index contributed by atoms with van der Waals surface area (Å²) >= 11 is 4.98. The Bertz CT molecular complexity index is 259. The van der Waals surface area contributed by atoms with Crippen LogP contribution in [-0.4, -0.2) is 5.91 Å². The van der Waals surface area contributed by atoms with E-state index in [1.54, 1.807) is 11.3 Å². The molecule has 1 heterocycles. The zero-order chi connectivity index (χ0) is 8.27. The molecule has 11 heavy (non-hydrogen) atoms. The van der Waals surface area contributed by atoms with Crippen LogP contribution >= 0.6 is 27.3 Å². The normalized spacial score (nSPS) is 9.64. The van der Waals surface area contributed by atoms with E-state index in [1.165, 1.54) is 6.92 Å². The number of amides is 1. The van der Waals surface area contributed by atoms with Gasteiger partial charge in [0.1, 0.15) is 0 Å². The van der Waals surface area contributed by atoms with Gasteiger partial charge in [-0.2, -0.15) is 0 Å². The summed E-state index contributed by atoms with van der Waals surface area (Å²) < 4.78 is 1.10. The maximum Gasteiger partial charge on any atom is 0.217 e. The molecule has 0 bridgehead atoms. The Kier molecular flexibility index (Phi) is 3.08. The van der Waals surface area contributed by atoms with Crippen LogP contribution in [-0.2, 0) is 11.3 Å². The lowest BCUT2D eigenvalue weighted by atomic mass is 10.4. The summed E-state index contributed by atoms with van der Waals surface area (Å²) in [7, 11) is 0. The van der Waals surface area contributed by atoms with E-state index in [-0.39, 0.29) is 5.91 Å². The van der Waals surface area contributed by atoms with Crippen molar-refractivity contribution >= 4 is 33.2 Å². The highest BCUT2D eigenvalue weighted by molar-refractivity contribution is 9.11. The van der Waals surface area contributed by atoms with Crippen LogP contribution < -0.4 is 5.32 Å². The minimum Gasteiger partial charge on any atom is -0.351 e. The van der Waals surface area contributed by atoms with Crippen LogP contribution in [0.15, 0.2) is 15.9 Å². The van der Waals surface area contributed by atoms with E-state index in [0.717, 1.165) is 8.66 Å². The maximum absolute atomic E-state index is 10.5. The number of hydrogen-bond acceptors (Lipinski definition) is 2. The fraction of sp³-hybridized carbons (Fsp3) is 0.286. The van der Waals surface area contributed by atoms with Gasteiger partial charge in [-0.15, -0.1) is 11.3 Å². The first kappa shape index (κ1) is 8.74. The van der Waals surface area contributed by atoms with Crippen molar-refractivity contribution in [1.82, 2.24) is 5.32 Å². The molecule has 0 atom stereocenters. The molecular formula is C7H8BrNOS. The average molecular weight is 234 g/mol. The summed E-state index contributed by atoms with van der Waals surface area (Å²) in [5.41, 5.74) is 0. The van der Waals surface area contributed by atoms with Gasteiger partial charge < -0.3 is 5.32 Å². The molecule has 60 valence electrons. The number of thiophene rings is 1. The van der Waals surface area contributed by atoms with Gasteiger partial charge in [-0.25, -0.2) is 0 Å². The molecule has 1 aromatic heterocycles. The summed E-state index contributed by atoms with van der Waals surface area (Å²) in [5.74, 6) is 0.00882. The Morgan fingerprint density at radius 1 is 1.73 bits per heavy atom. The topological polar surface area (TPSA) is 29.1 Å². The molecule has 1 N–H and O–H groups in total. The maximum atomic E-state index is 10.5. The van der Waals surface area contributed by atoms with Crippen molar-refractivity contribution in [3.8, 4) is 0 Å². The first-order valence-electron chi connectivity index (χ1n) is 3.17. The second-order valence-electron chi connectivity index (χ2n) is 2.12. The van der Waals surface area contributed by atoms with Crippen molar-refractivity contribution in [2.45, 2.75) is 13.5 Å². The van der Waals surface area contributed by atoms with E-state index in [1.807, 2.05) is 12.1 Å². The summed E-state index contributed by atoms with van der Waals surface area (Å²) in [4.78, 5) is 11.7. The van der Waals surface area contributed by atoms with Crippen molar-refractivity contribution in [3.05, 3.63) is 20.8 Å². The molecule has 0 aliphatic carbocycles. The number of nitrogens with one attached hydrogen (secondary N) is 1. The standard InChI is InChI=1S/C7H8BrNOS/c1-5(10)9-4-6-2-3-7(8)11-6/h2-3H,4H2,1H3,(H,9,10). The third-order valence-corrected chi connectivity index (χ3v) is 2.76. The largest absolute Gasteiger partial charge is 0.351 e. The first-order valence-corrected chi connectivity index (χ1v) is 4.78. The van der Waals surface area contributed by atoms with Gasteiger partial charge in [-0.05, 0) is 28.1 Å². The van der Waals surface area contributed by atoms with Gasteiger partial charge >= 0.3 is 0 Å². The summed E-state index contributed by atoms with van der Waals surface area (Å²) in [6, 6.07) is 3.96. The molecule has 1 rings (SSSR count). The van der Waals surface area contributed by atoms with Crippen LogP contribution in [0.25, 0.3) is 0 Å². The third kappa shape index (κ3) is 3.03. The summed E-state index contributed by atoms with van der Waals surface area (Å²) in [6.07, 6.45) is 0. The van der Waals surface area contributed by atoms with Crippen molar-refractivity contribution in [1.29, 1.82) is 0 Å². The Balaban J connectivity index is 2.45. The molecule has 0 saturated carbocycles. The Morgan fingerprint density at radius 2 is 2.45 bits per heavy atom. The lowest BCUT2D eigenvalue weighted by molar-refractivity contribution is -0.119. The van der Waals surface area contributed by atoms with E-state index in [4.69, 9.17) is 0 Å². The van der Waals surface area contributed by atoms with Crippen molar-refractivity contribution in [2.75, 3.05) is 0 Å². The summed E-state index contributed by atoms with van der Waals surface area (Å²) in [6.45, 7) is 2.15. The van der Waals surface area contributed by atoms with Gasteiger partial charge in [0.25, 0.3) is 0 Å². The minimum atomic E-state index is 0.00882. The Morgan fingerprint density at radius 3 is 2.91 bits per heavy atom. The van der Waals surface area contributed by atoms with E-state index < -0.39 is 0 Å². The van der Waals surface area contributed by atoms with Gasteiger partial charge in [-0.3, -0.25) is 4.79 Å². The van der Waals surface area contributed by atoms with Crippen molar-refractivity contribution < 1.29 is 4.79 Å². The lowest BCUT2D eigenvalue weighted by Crippen LogP contribution is -2.17. The molecule has 1 amide bonds. The second kappa shape index (κ2) is 3.88. The molecule has 0 unspecified atom stereocenters. The quantitative estimate of drug-likeness (QED) is 0.834. The highest BCUT2D eigenvalue weighted by Crippen LogP contribution is 2.21. The molecule has 0 aliphatic heterocycles. The first-order chi connectivity index (χ1) is 5.18. The number of halogens is 1. The monoisotopic (exact) mass is 233 g/mol. The van der Waals surface area contributed by atoms with Crippen LogP contribution in [0.5, 0.6) is 0 Å². The van der Waals surface area contributed by atoms with Crippen LogP contribution in [0.1, 0.15) is 11.8 Å². The van der Waals surface area contributed by atoms with E-state index in [9.17, 15) is 4.79 Å². The number of carbonyl (C=O) groups is 1. The Labute approximate surface area is 77.7 Å². The molecule has 0 aliphatic rings. The van der Waals surface area contributed by atoms with Gasteiger partial charge in [0.05, 0.1) is 10.3 Å². The molecule has 4 heteroatoms. The molecule has 1 aromatic rings. The predicted octanol–water partition coefficient (Wildman–Crippen LogP) is 2.15. The van der Waals surface area contributed by atoms with Crippen molar-refractivity contribution in [2.24, 2.45) is 0 Å². The fourth-order valence-electron chi connectivity index (χ4n) is 0.658. The van der Waals surface area contributed by atoms with E-state index >= 15 is 0 Å². The molecule has 0 saturated heterocycles. The van der Waals surface area contributed by atoms with Crippen molar-refractivity contribution in [3.63, 3.8) is 0 Å². The number of carbonyl (C=O) groups excluding carboxylic acids is 1. The fourth-order valence-corrected chi connectivity index (χ4v) is 2.08. The van der Waals surface area contributed by atoms with Crippen LogP contribution in [0.2, 0.25) is 0 Å². The van der Waals surface area contributed by atoms with E-state index in [0.29, 0.717) is 6.54 Å². The molecular weight excluding hydrogens is 226 g/mol. The highest BCUT2D eigenvalue weighted by atomic mass is 79.9. The van der Waals surface area contributed by atoms with Crippen LogP contribution in [0.4, 0.5) is 0 Å². The molecule has 0 radical (unpaired) electrons. The lowest BCUT2D eigenvalue weighted by Gasteiger charge is -1.96. The average Bonchev–Trinajstić information content (AvgIpc) is 2.31. The van der Waals surface area contributed by atoms with Gasteiger partial charge in [0, 0.05) is 11.8 Å². The zero-order valence-corrected chi connectivity index (χ0v) is 8.46. The third-order valence-electron chi connectivity index (χ3n) is 1.14. The highest BCUT2D eigenvalue weighted by Gasteiger charge is 1.97. The molecule has 0 aromatic carbocycles. The molecule has 2 nitrogen and oxygen atoms in total. The molecule has 0 spiro atoms. The van der Waals surface area contributed by atoms with Gasteiger partial charge in [0.2, 0.25) is 5.91 Å². The second-order valence-corrected chi connectivity index (χ2v) is 4.66. The van der Waals surface area contributed by atoms with Crippen LogP contribution in [0, 0.1) is 0 Å². The SMILES string of the molecule is CC(=O)NCc1ccc(Br)s1. The number of hydrogen-bond donors (Lipinski definition) is 1. The zero-order valence-electron chi connectivity index (χ0n) is 6.06. The van der Waals surface area contributed by atoms with Gasteiger partial charge in [0.15, 0.2) is 0 Å². The summed E-state index contributed by atoms with van der Waals surface area (Å²) in [5, 5.41) is 2.73. The smallest absolute Gasteiger partial charge is 0.217 e. The van der Waals surface area contributed by atoms with Crippen LogP contribution in [0.3, 0.4) is 0 Å².